The van der Waals surface area contributed by atoms with Gasteiger partial charge in [0.15, 0.2) is 0 Å². The average molecular weight is 420 g/mol. The van der Waals surface area contributed by atoms with Crippen molar-refractivity contribution < 1.29 is 4.79 Å². The highest BCUT2D eigenvalue weighted by molar-refractivity contribution is 7.12. The second-order valence-corrected chi connectivity index (χ2v) is 10.4. The predicted molar refractivity (Wildman–Crippen MR) is 116 cm³/mol. The minimum atomic E-state index is 0.149. The van der Waals surface area contributed by atoms with Crippen LogP contribution in [0.3, 0.4) is 0 Å². The first kappa shape index (κ1) is 18.2. The number of hydrogen-bond acceptors (Lipinski definition) is 5. The van der Waals surface area contributed by atoms with Gasteiger partial charge in [-0.1, -0.05) is 0 Å². The second-order valence-electron chi connectivity index (χ2n) is 8.99. The molecule has 1 aliphatic heterocycles. The molecule has 0 unspecified atom stereocenters. The van der Waals surface area contributed by atoms with Crippen LogP contribution in [0.15, 0.2) is 24.5 Å². The standard InChI is InChI=1S/C23H25N5OS/c1-13-9-18(14(2)30-13)20-7-8-24-23(26-20)28-21(16-4-5-16)19(11-25-28)22(29)27-12-15-3-6-17(27)10-15/h7-9,11,15-17H,3-6,10,12H2,1-2H3/t15-,17+/m1/s1. The molecule has 6 rings (SSSR count). The number of aryl methyl sites for hydroxylation is 2. The van der Waals surface area contributed by atoms with Crippen LogP contribution in [0.2, 0.25) is 0 Å². The summed E-state index contributed by atoms with van der Waals surface area (Å²) in [6.45, 7) is 5.14. The molecular formula is C23H25N5OS. The SMILES string of the molecule is Cc1cc(-c2ccnc(-n3ncc(C(=O)N4C[C@@H]5CC[C@H]4C5)c3C3CC3)n2)c(C)s1. The normalized spacial score (nSPS) is 22.8. The van der Waals surface area contributed by atoms with E-state index in [4.69, 9.17) is 4.98 Å². The van der Waals surface area contributed by atoms with E-state index in [0.717, 1.165) is 48.3 Å². The van der Waals surface area contributed by atoms with E-state index in [1.165, 1.54) is 22.6 Å². The molecule has 30 heavy (non-hydrogen) atoms. The number of rotatable bonds is 4. The van der Waals surface area contributed by atoms with Crippen molar-refractivity contribution in [2.45, 2.75) is 57.9 Å². The van der Waals surface area contributed by atoms with E-state index in [1.807, 2.05) is 10.7 Å². The lowest BCUT2D eigenvalue weighted by Gasteiger charge is -2.27. The Morgan fingerprint density at radius 3 is 2.73 bits per heavy atom. The molecule has 1 saturated heterocycles. The van der Waals surface area contributed by atoms with Gasteiger partial charge in [-0.2, -0.15) is 5.10 Å². The summed E-state index contributed by atoms with van der Waals surface area (Å²) in [5.41, 5.74) is 3.80. The Balaban J connectivity index is 1.39. The number of carbonyl (C=O) groups is 1. The minimum absolute atomic E-state index is 0.149. The lowest BCUT2D eigenvalue weighted by atomic mass is 10.1. The highest BCUT2D eigenvalue weighted by Crippen LogP contribution is 2.44. The number of piperidine rings is 1. The van der Waals surface area contributed by atoms with E-state index in [1.54, 1.807) is 23.7 Å². The van der Waals surface area contributed by atoms with Gasteiger partial charge >= 0.3 is 0 Å². The van der Waals surface area contributed by atoms with Crippen molar-refractivity contribution in [2.75, 3.05) is 6.54 Å². The molecule has 3 fully saturated rings. The number of fused-ring (bicyclic) bond motifs is 2. The van der Waals surface area contributed by atoms with Gasteiger partial charge in [0.05, 0.1) is 23.1 Å². The van der Waals surface area contributed by atoms with Crippen LogP contribution >= 0.6 is 11.3 Å². The summed E-state index contributed by atoms with van der Waals surface area (Å²) < 4.78 is 1.82. The number of thiophene rings is 1. The maximum absolute atomic E-state index is 13.4. The predicted octanol–water partition coefficient (Wildman–Crippen LogP) is 4.51. The zero-order chi connectivity index (χ0) is 20.4. The molecule has 4 heterocycles. The lowest BCUT2D eigenvalue weighted by molar-refractivity contribution is 0.0702. The molecule has 2 atom stereocenters. The maximum Gasteiger partial charge on any atom is 0.257 e. The minimum Gasteiger partial charge on any atom is -0.335 e. The molecule has 0 aromatic carbocycles. The van der Waals surface area contributed by atoms with Gasteiger partial charge in [-0.05, 0) is 64.0 Å². The quantitative estimate of drug-likeness (QED) is 0.624. The van der Waals surface area contributed by atoms with Crippen LogP contribution in [-0.2, 0) is 0 Å². The van der Waals surface area contributed by atoms with Crippen LogP contribution in [-0.4, -0.2) is 43.1 Å². The number of aromatic nitrogens is 4. The van der Waals surface area contributed by atoms with E-state index in [2.05, 4.69) is 34.9 Å². The molecule has 7 heteroatoms. The summed E-state index contributed by atoms with van der Waals surface area (Å²) in [5, 5.41) is 4.61. The third kappa shape index (κ3) is 2.90. The second kappa shape index (κ2) is 6.74. The molecule has 2 bridgehead atoms. The number of hydrogen-bond donors (Lipinski definition) is 0. The summed E-state index contributed by atoms with van der Waals surface area (Å²) >= 11 is 1.78. The van der Waals surface area contributed by atoms with E-state index in [-0.39, 0.29) is 5.91 Å². The van der Waals surface area contributed by atoms with E-state index >= 15 is 0 Å². The molecule has 3 aromatic rings. The number of likely N-dealkylation sites (tertiary alicyclic amines) is 1. The Morgan fingerprint density at radius 1 is 1.20 bits per heavy atom. The Labute approximate surface area is 180 Å². The van der Waals surface area contributed by atoms with Crippen LogP contribution < -0.4 is 0 Å². The third-order valence-corrected chi connectivity index (χ3v) is 7.79. The first-order chi connectivity index (χ1) is 14.6. The zero-order valence-electron chi connectivity index (χ0n) is 17.3. The number of carbonyl (C=O) groups excluding carboxylic acids is 1. The molecular weight excluding hydrogens is 394 g/mol. The first-order valence-corrected chi connectivity index (χ1v) is 11.7. The largest absolute Gasteiger partial charge is 0.335 e. The lowest BCUT2D eigenvalue weighted by Crippen LogP contribution is -2.38. The summed E-state index contributed by atoms with van der Waals surface area (Å²) in [4.78, 5) is 27.4. The fraction of sp³-hybridized carbons (Fsp3) is 0.478. The van der Waals surface area contributed by atoms with Gasteiger partial charge in [-0.25, -0.2) is 14.6 Å². The topological polar surface area (TPSA) is 63.9 Å². The molecule has 1 amide bonds. The Hall–Kier alpha value is -2.54. The molecule has 3 aromatic heterocycles. The van der Waals surface area contributed by atoms with Crippen molar-refractivity contribution in [1.29, 1.82) is 0 Å². The monoisotopic (exact) mass is 419 g/mol. The van der Waals surface area contributed by atoms with Gasteiger partial charge in [-0.15, -0.1) is 11.3 Å². The number of amides is 1. The highest BCUT2D eigenvalue weighted by Gasteiger charge is 2.43. The molecule has 3 aliphatic rings. The fourth-order valence-electron chi connectivity index (χ4n) is 5.25. The summed E-state index contributed by atoms with van der Waals surface area (Å²) in [5.74, 6) is 1.77. The van der Waals surface area contributed by atoms with Crippen LogP contribution in [0.25, 0.3) is 17.2 Å². The molecule has 2 aliphatic carbocycles. The Bertz CT molecular complexity index is 1140. The van der Waals surface area contributed by atoms with Crippen molar-refractivity contribution in [1.82, 2.24) is 24.6 Å². The summed E-state index contributed by atoms with van der Waals surface area (Å²) in [6.07, 6.45) is 9.32. The molecule has 0 N–H and O–H groups in total. The van der Waals surface area contributed by atoms with Gasteiger partial charge in [0.1, 0.15) is 0 Å². The fourth-order valence-corrected chi connectivity index (χ4v) is 6.18. The first-order valence-electron chi connectivity index (χ1n) is 10.9. The number of nitrogens with zero attached hydrogens (tertiary/aromatic N) is 5. The average Bonchev–Trinajstić information content (AvgIpc) is 3.11. The van der Waals surface area contributed by atoms with Gasteiger partial charge in [0.25, 0.3) is 11.9 Å². The van der Waals surface area contributed by atoms with Gasteiger partial charge in [0.2, 0.25) is 0 Å². The van der Waals surface area contributed by atoms with Crippen molar-refractivity contribution in [3.63, 3.8) is 0 Å². The van der Waals surface area contributed by atoms with E-state index in [0.29, 0.717) is 23.8 Å². The molecule has 0 spiro atoms. The van der Waals surface area contributed by atoms with E-state index < -0.39 is 0 Å². The Morgan fingerprint density at radius 2 is 2.07 bits per heavy atom. The van der Waals surface area contributed by atoms with Gasteiger partial charge in [-0.3, -0.25) is 4.79 Å². The summed E-state index contributed by atoms with van der Waals surface area (Å²) in [7, 11) is 0. The zero-order valence-corrected chi connectivity index (χ0v) is 18.2. The van der Waals surface area contributed by atoms with Crippen molar-refractivity contribution >= 4 is 17.2 Å². The van der Waals surface area contributed by atoms with Crippen LogP contribution in [0.1, 0.15) is 63.8 Å². The maximum atomic E-state index is 13.4. The highest BCUT2D eigenvalue weighted by atomic mass is 32.1. The Kier molecular flexibility index (Phi) is 4.10. The molecule has 2 saturated carbocycles. The van der Waals surface area contributed by atoms with Crippen LogP contribution in [0.4, 0.5) is 0 Å². The van der Waals surface area contributed by atoms with E-state index in [9.17, 15) is 4.79 Å². The molecule has 0 radical (unpaired) electrons. The van der Waals surface area contributed by atoms with Gasteiger partial charge in [0, 0.05) is 40.0 Å². The van der Waals surface area contributed by atoms with Crippen LogP contribution in [0.5, 0.6) is 0 Å². The summed E-state index contributed by atoms with van der Waals surface area (Å²) in [6, 6.07) is 4.54. The molecule has 6 nitrogen and oxygen atoms in total. The smallest absolute Gasteiger partial charge is 0.257 e. The third-order valence-electron chi connectivity index (χ3n) is 6.82. The molecule has 154 valence electrons. The van der Waals surface area contributed by atoms with Gasteiger partial charge < -0.3 is 4.90 Å². The van der Waals surface area contributed by atoms with Crippen molar-refractivity contribution in [2.24, 2.45) is 5.92 Å². The van der Waals surface area contributed by atoms with Crippen molar-refractivity contribution in [3.05, 3.63) is 45.5 Å². The van der Waals surface area contributed by atoms with Crippen LogP contribution in [0, 0.1) is 19.8 Å². The van der Waals surface area contributed by atoms with Crippen molar-refractivity contribution in [3.8, 4) is 17.2 Å².